The van der Waals surface area contributed by atoms with Crippen LogP contribution in [0.3, 0.4) is 0 Å². The summed E-state index contributed by atoms with van der Waals surface area (Å²) in [5.74, 6) is -0.319. The molecule has 1 amide bonds. The predicted molar refractivity (Wildman–Crippen MR) is 91.8 cm³/mol. The Kier molecular flexibility index (Phi) is 5.45. The molecule has 1 saturated carbocycles. The third kappa shape index (κ3) is 3.52. The third-order valence-corrected chi connectivity index (χ3v) is 6.96. The summed E-state index contributed by atoms with van der Waals surface area (Å²) in [6.07, 6.45) is 1.45. The fourth-order valence-corrected chi connectivity index (χ4v) is 4.89. The smallest absolute Gasteiger partial charge is 0.238 e. The van der Waals surface area contributed by atoms with E-state index in [1.165, 1.54) is 12.1 Å². The molecule has 130 valence electrons. The molecule has 2 N–H and O–H groups in total. The molecule has 0 aromatic heterocycles. The molecule has 24 heavy (non-hydrogen) atoms. The van der Waals surface area contributed by atoms with Gasteiger partial charge in [-0.15, -0.1) is 12.4 Å². The monoisotopic (exact) mass is 389 g/mol. The number of halogens is 2. The van der Waals surface area contributed by atoms with Crippen LogP contribution in [0, 0.1) is 11.3 Å². The molecule has 2 aliphatic rings. The first-order chi connectivity index (χ1) is 10.9. The van der Waals surface area contributed by atoms with Gasteiger partial charge in [0, 0.05) is 6.54 Å². The van der Waals surface area contributed by atoms with E-state index in [-0.39, 0.29) is 41.2 Å². The maximum Gasteiger partial charge on any atom is 0.238 e. The summed E-state index contributed by atoms with van der Waals surface area (Å²) in [5, 5.41) is 14.1. The number of nitriles is 1. The summed E-state index contributed by atoms with van der Waals surface area (Å²) in [5.41, 5.74) is -0.752. The number of nitrogens with one attached hydrogen (secondary N) is 2. The number of carbonyl (C=O) groups is 1. The molecule has 2 fully saturated rings. The number of nitrogens with zero attached hydrogens (tertiary/aromatic N) is 1. The van der Waals surface area contributed by atoms with Crippen LogP contribution in [0.25, 0.3) is 0 Å². The average molecular weight is 390 g/mol. The molecular formula is C15H17Cl2N3O3S. The third-order valence-electron chi connectivity index (χ3n) is 4.32. The fraction of sp³-hybridized carbons (Fsp3) is 0.467. The lowest BCUT2D eigenvalue weighted by molar-refractivity contribution is -0.123. The standard InChI is InChI=1S/C15H16ClN3O3S.ClH/c16-11-3-1-2-4-13(11)23(21,22)10-7-12(18-8-10)14(20)19-15(9-17)5-6-15;/h1-4,10,12,18H,5-8H2,(H,19,20);1H/t10-,12+;/m1./s1. The molecule has 1 aromatic carbocycles. The van der Waals surface area contributed by atoms with Crippen molar-refractivity contribution in [3.8, 4) is 6.07 Å². The Hall–Kier alpha value is -1.33. The summed E-state index contributed by atoms with van der Waals surface area (Å²) in [6.45, 7) is 0.186. The molecule has 3 rings (SSSR count). The zero-order chi connectivity index (χ0) is 16.7. The van der Waals surface area contributed by atoms with E-state index in [1.807, 2.05) is 0 Å². The zero-order valence-electron chi connectivity index (χ0n) is 12.7. The van der Waals surface area contributed by atoms with Gasteiger partial charge in [-0.25, -0.2) is 8.42 Å². The molecular weight excluding hydrogens is 373 g/mol. The first-order valence-electron chi connectivity index (χ1n) is 7.33. The van der Waals surface area contributed by atoms with Gasteiger partial charge in [0.25, 0.3) is 0 Å². The molecule has 1 aliphatic heterocycles. The van der Waals surface area contributed by atoms with Crippen molar-refractivity contribution in [3.63, 3.8) is 0 Å². The summed E-state index contributed by atoms with van der Waals surface area (Å²) >= 11 is 5.99. The van der Waals surface area contributed by atoms with Gasteiger partial charge < -0.3 is 10.6 Å². The van der Waals surface area contributed by atoms with Crippen molar-refractivity contribution in [2.24, 2.45) is 0 Å². The average Bonchev–Trinajstić information content (AvgIpc) is 3.11. The Bertz CT molecular complexity index is 787. The molecule has 9 heteroatoms. The highest BCUT2D eigenvalue weighted by Crippen LogP contribution is 2.35. The Morgan fingerprint density at radius 3 is 2.62 bits per heavy atom. The Labute approximate surface area is 151 Å². The van der Waals surface area contributed by atoms with Crippen LogP contribution in [-0.2, 0) is 14.6 Å². The Morgan fingerprint density at radius 2 is 2.04 bits per heavy atom. The first-order valence-corrected chi connectivity index (χ1v) is 9.25. The van der Waals surface area contributed by atoms with Gasteiger partial charge in [0.05, 0.1) is 27.3 Å². The van der Waals surface area contributed by atoms with Crippen LogP contribution in [0.5, 0.6) is 0 Å². The number of benzene rings is 1. The topological polar surface area (TPSA) is 99.1 Å². The first kappa shape index (κ1) is 19.0. The lowest BCUT2D eigenvalue weighted by Gasteiger charge is -2.15. The molecule has 0 bridgehead atoms. The second kappa shape index (κ2) is 6.89. The van der Waals surface area contributed by atoms with Crippen molar-refractivity contribution in [1.29, 1.82) is 5.26 Å². The van der Waals surface area contributed by atoms with E-state index >= 15 is 0 Å². The van der Waals surface area contributed by atoms with E-state index in [0.29, 0.717) is 12.8 Å². The van der Waals surface area contributed by atoms with Crippen LogP contribution in [0.15, 0.2) is 29.2 Å². The molecule has 6 nitrogen and oxygen atoms in total. The summed E-state index contributed by atoms with van der Waals surface area (Å²) in [7, 11) is -3.61. The number of hydrogen-bond donors (Lipinski definition) is 2. The van der Waals surface area contributed by atoms with Gasteiger partial charge in [0.15, 0.2) is 9.84 Å². The van der Waals surface area contributed by atoms with Crippen molar-refractivity contribution in [2.75, 3.05) is 6.54 Å². The number of rotatable bonds is 4. The molecule has 1 saturated heterocycles. The lowest BCUT2D eigenvalue weighted by Crippen LogP contribution is -2.45. The summed E-state index contributed by atoms with van der Waals surface area (Å²) in [6, 6.07) is 7.77. The Morgan fingerprint density at radius 1 is 1.38 bits per heavy atom. The van der Waals surface area contributed by atoms with Gasteiger partial charge in [-0.3, -0.25) is 4.79 Å². The second-order valence-electron chi connectivity index (χ2n) is 5.98. The molecule has 2 atom stereocenters. The highest BCUT2D eigenvalue weighted by atomic mass is 35.5. The van der Waals surface area contributed by atoms with E-state index < -0.39 is 26.7 Å². The fourth-order valence-electron chi connectivity index (χ4n) is 2.71. The minimum atomic E-state index is -3.61. The molecule has 1 aromatic rings. The van der Waals surface area contributed by atoms with E-state index in [4.69, 9.17) is 16.9 Å². The van der Waals surface area contributed by atoms with E-state index in [9.17, 15) is 13.2 Å². The van der Waals surface area contributed by atoms with E-state index in [0.717, 1.165) is 0 Å². The van der Waals surface area contributed by atoms with Crippen molar-refractivity contribution < 1.29 is 13.2 Å². The van der Waals surface area contributed by atoms with E-state index in [2.05, 4.69) is 16.7 Å². The van der Waals surface area contributed by atoms with Gasteiger partial charge in [-0.05, 0) is 31.4 Å². The van der Waals surface area contributed by atoms with Crippen LogP contribution in [0.1, 0.15) is 19.3 Å². The van der Waals surface area contributed by atoms with Gasteiger partial charge in [-0.1, -0.05) is 23.7 Å². The number of carbonyl (C=O) groups excluding carboxylic acids is 1. The van der Waals surface area contributed by atoms with Gasteiger partial charge in [0.2, 0.25) is 5.91 Å². The highest BCUT2D eigenvalue weighted by Gasteiger charge is 2.47. The number of sulfone groups is 1. The zero-order valence-corrected chi connectivity index (χ0v) is 15.0. The van der Waals surface area contributed by atoms with Crippen molar-refractivity contribution in [1.82, 2.24) is 10.6 Å². The maximum absolute atomic E-state index is 12.7. The van der Waals surface area contributed by atoms with Crippen molar-refractivity contribution >= 4 is 39.8 Å². The van der Waals surface area contributed by atoms with Crippen molar-refractivity contribution in [3.05, 3.63) is 29.3 Å². The minimum Gasteiger partial charge on any atom is -0.336 e. The summed E-state index contributed by atoms with van der Waals surface area (Å²) < 4.78 is 25.3. The van der Waals surface area contributed by atoms with Crippen molar-refractivity contribution in [2.45, 2.75) is 41.0 Å². The van der Waals surface area contributed by atoms with Crippen LogP contribution in [0.2, 0.25) is 5.02 Å². The SMILES string of the molecule is Cl.N#CC1(NC(=O)[C@@H]2C[C@@H](S(=O)(=O)c3ccccc3Cl)CN2)CC1. The second-order valence-corrected chi connectivity index (χ2v) is 8.58. The van der Waals surface area contributed by atoms with Crippen LogP contribution >= 0.6 is 24.0 Å². The lowest BCUT2D eigenvalue weighted by atomic mass is 10.2. The molecule has 1 aliphatic carbocycles. The van der Waals surface area contributed by atoms with Crippen LogP contribution in [0.4, 0.5) is 0 Å². The minimum absolute atomic E-state index is 0. The predicted octanol–water partition coefficient (Wildman–Crippen LogP) is 1.44. The van der Waals surface area contributed by atoms with Crippen LogP contribution in [-0.4, -0.2) is 37.7 Å². The van der Waals surface area contributed by atoms with Gasteiger partial charge >= 0.3 is 0 Å². The van der Waals surface area contributed by atoms with Gasteiger partial charge in [0.1, 0.15) is 5.54 Å². The van der Waals surface area contributed by atoms with Crippen LogP contribution < -0.4 is 10.6 Å². The number of hydrogen-bond acceptors (Lipinski definition) is 5. The molecule has 0 spiro atoms. The molecule has 0 unspecified atom stereocenters. The quantitative estimate of drug-likeness (QED) is 0.811. The van der Waals surface area contributed by atoms with Gasteiger partial charge in [-0.2, -0.15) is 5.26 Å². The highest BCUT2D eigenvalue weighted by molar-refractivity contribution is 7.92. The largest absolute Gasteiger partial charge is 0.336 e. The normalized spacial score (nSPS) is 24.5. The summed E-state index contributed by atoms with van der Waals surface area (Å²) in [4.78, 5) is 12.3. The van der Waals surface area contributed by atoms with E-state index in [1.54, 1.807) is 12.1 Å². The Balaban J connectivity index is 0.00000208. The maximum atomic E-state index is 12.7. The number of amides is 1. The molecule has 1 heterocycles. The molecule has 0 radical (unpaired) electrons.